The number of hydrogen-bond acceptors (Lipinski definition) is 5. The average molecular weight is 433 g/mol. The van der Waals surface area contributed by atoms with Gasteiger partial charge in [-0.05, 0) is 18.9 Å². The van der Waals surface area contributed by atoms with Crippen molar-refractivity contribution in [1.29, 1.82) is 0 Å². The third kappa shape index (κ3) is 3.08. The Morgan fingerprint density at radius 3 is 2.87 bits per heavy atom. The van der Waals surface area contributed by atoms with Crippen LogP contribution in [0, 0.1) is 0 Å². The first-order valence-electron chi connectivity index (χ1n) is 10.9. The van der Waals surface area contributed by atoms with Crippen LogP contribution in [-0.4, -0.2) is 41.7 Å². The number of imidazole rings is 1. The molecule has 0 radical (unpaired) electrons. The number of pyridine rings is 1. The molecule has 5 heterocycles. The second kappa shape index (κ2) is 7.02. The summed E-state index contributed by atoms with van der Waals surface area (Å²) < 4.78 is 5.37. The van der Waals surface area contributed by atoms with E-state index in [2.05, 4.69) is 21.1 Å². The maximum atomic E-state index is 12.4. The highest BCUT2D eigenvalue weighted by molar-refractivity contribution is 7.17. The standard InChI is InChI=1S/C23H24N6OS/c1-3-21(30)28-6-7-29-19(12-28)22(26-23(29)14-4-5-14)17-13-31-20-8-18(24-10-16(17)20)15-9-25-27(2)11-15/h8-11,13-14H,3-7,12H2,1-2H3. The van der Waals surface area contributed by atoms with Crippen LogP contribution in [0.3, 0.4) is 0 Å². The molecule has 1 saturated carbocycles. The summed E-state index contributed by atoms with van der Waals surface area (Å²) in [6.45, 7) is 4.18. The first kappa shape index (κ1) is 18.7. The van der Waals surface area contributed by atoms with Crippen molar-refractivity contribution in [3.8, 4) is 22.5 Å². The third-order valence-corrected chi connectivity index (χ3v) is 7.29. The monoisotopic (exact) mass is 432 g/mol. The van der Waals surface area contributed by atoms with Crippen LogP contribution in [0.1, 0.15) is 43.6 Å². The van der Waals surface area contributed by atoms with Gasteiger partial charge in [0, 0.05) is 71.5 Å². The van der Waals surface area contributed by atoms with E-state index in [4.69, 9.17) is 9.97 Å². The highest BCUT2D eigenvalue weighted by Gasteiger charge is 2.34. The van der Waals surface area contributed by atoms with E-state index in [-0.39, 0.29) is 5.91 Å². The molecule has 4 aromatic heterocycles. The van der Waals surface area contributed by atoms with Gasteiger partial charge >= 0.3 is 0 Å². The fourth-order valence-electron chi connectivity index (χ4n) is 4.52. The summed E-state index contributed by atoms with van der Waals surface area (Å²) in [7, 11) is 1.91. The van der Waals surface area contributed by atoms with Gasteiger partial charge in [-0.15, -0.1) is 11.3 Å². The highest BCUT2D eigenvalue weighted by Crippen LogP contribution is 2.44. The van der Waals surface area contributed by atoms with Gasteiger partial charge in [0.05, 0.1) is 29.8 Å². The lowest BCUT2D eigenvalue weighted by Gasteiger charge is -2.29. The van der Waals surface area contributed by atoms with Crippen molar-refractivity contribution >= 4 is 27.3 Å². The van der Waals surface area contributed by atoms with Crippen LogP contribution in [-0.2, 0) is 24.9 Å². The van der Waals surface area contributed by atoms with Gasteiger partial charge < -0.3 is 9.47 Å². The molecule has 8 heteroatoms. The molecule has 6 rings (SSSR count). The molecule has 0 unspecified atom stereocenters. The molecule has 7 nitrogen and oxygen atoms in total. The zero-order chi connectivity index (χ0) is 21.1. The van der Waals surface area contributed by atoms with Crippen molar-refractivity contribution < 1.29 is 4.79 Å². The Balaban J connectivity index is 1.45. The molecular formula is C23H24N6OS. The Morgan fingerprint density at radius 2 is 2.13 bits per heavy atom. The lowest BCUT2D eigenvalue weighted by Crippen LogP contribution is -2.38. The van der Waals surface area contributed by atoms with Gasteiger partial charge in [-0.1, -0.05) is 6.92 Å². The van der Waals surface area contributed by atoms with E-state index in [1.165, 1.54) is 29.1 Å². The van der Waals surface area contributed by atoms with Gasteiger partial charge in [0.15, 0.2) is 0 Å². The SMILES string of the molecule is CCC(=O)N1CCn2c(C3CC3)nc(-c3csc4cc(-c5cnn(C)c5)ncc34)c2C1. The molecule has 31 heavy (non-hydrogen) atoms. The molecule has 1 aliphatic carbocycles. The first-order valence-corrected chi connectivity index (χ1v) is 11.7. The summed E-state index contributed by atoms with van der Waals surface area (Å²) in [4.78, 5) is 24.2. The number of carbonyl (C=O) groups excluding carboxylic acids is 1. The zero-order valence-corrected chi connectivity index (χ0v) is 18.5. The van der Waals surface area contributed by atoms with Gasteiger partial charge in [0.25, 0.3) is 0 Å². The summed E-state index contributed by atoms with van der Waals surface area (Å²) in [5, 5.41) is 7.58. The molecule has 1 amide bonds. The van der Waals surface area contributed by atoms with Crippen LogP contribution >= 0.6 is 11.3 Å². The first-order chi connectivity index (χ1) is 15.1. The van der Waals surface area contributed by atoms with E-state index in [0.717, 1.165) is 41.0 Å². The smallest absolute Gasteiger partial charge is 0.222 e. The topological polar surface area (TPSA) is 68.8 Å². The summed E-state index contributed by atoms with van der Waals surface area (Å²) >= 11 is 1.72. The van der Waals surface area contributed by atoms with E-state index < -0.39 is 0 Å². The summed E-state index contributed by atoms with van der Waals surface area (Å²) in [6, 6.07) is 2.14. The van der Waals surface area contributed by atoms with E-state index >= 15 is 0 Å². The fourth-order valence-corrected chi connectivity index (χ4v) is 5.47. The lowest BCUT2D eigenvalue weighted by atomic mass is 10.1. The molecule has 1 fully saturated rings. The minimum Gasteiger partial charge on any atom is -0.335 e. The maximum Gasteiger partial charge on any atom is 0.222 e. The Morgan fingerprint density at radius 1 is 1.26 bits per heavy atom. The van der Waals surface area contributed by atoms with Crippen LogP contribution in [0.2, 0.25) is 0 Å². The number of nitrogens with zero attached hydrogens (tertiary/aromatic N) is 6. The third-order valence-electron chi connectivity index (χ3n) is 6.35. The average Bonchev–Trinajstić information content (AvgIpc) is 3.23. The Kier molecular flexibility index (Phi) is 4.24. The molecule has 0 aromatic carbocycles. The summed E-state index contributed by atoms with van der Waals surface area (Å²) in [6.07, 6.45) is 8.76. The van der Waals surface area contributed by atoms with Gasteiger partial charge in [-0.3, -0.25) is 14.5 Å². The zero-order valence-electron chi connectivity index (χ0n) is 17.7. The van der Waals surface area contributed by atoms with E-state index in [1.54, 1.807) is 16.0 Å². The largest absolute Gasteiger partial charge is 0.335 e. The van der Waals surface area contributed by atoms with Crippen LogP contribution in [0.25, 0.3) is 32.6 Å². The number of amides is 1. The number of carbonyl (C=O) groups is 1. The molecular weight excluding hydrogens is 408 g/mol. The maximum absolute atomic E-state index is 12.4. The van der Waals surface area contributed by atoms with Gasteiger partial charge in [-0.25, -0.2) is 4.98 Å². The van der Waals surface area contributed by atoms with E-state index in [1.807, 2.05) is 37.5 Å². The van der Waals surface area contributed by atoms with Gasteiger partial charge in [0.2, 0.25) is 5.91 Å². The van der Waals surface area contributed by atoms with Crippen LogP contribution in [0.5, 0.6) is 0 Å². The summed E-state index contributed by atoms with van der Waals surface area (Å²) in [5.41, 5.74) is 5.28. The Hall–Kier alpha value is -3.00. The predicted molar refractivity (Wildman–Crippen MR) is 121 cm³/mol. The van der Waals surface area contributed by atoms with Crippen LogP contribution in [0.15, 0.2) is 30.0 Å². The molecule has 0 N–H and O–H groups in total. The highest BCUT2D eigenvalue weighted by atomic mass is 32.1. The number of rotatable bonds is 4. The lowest BCUT2D eigenvalue weighted by molar-refractivity contribution is -0.132. The van der Waals surface area contributed by atoms with E-state index in [0.29, 0.717) is 18.9 Å². The second-order valence-corrected chi connectivity index (χ2v) is 9.39. The van der Waals surface area contributed by atoms with Crippen LogP contribution < -0.4 is 0 Å². The molecule has 0 spiro atoms. The normalized spacial score (nSPS) is 16.1. The number of aromatic nitrogens is 5. The Labute approximate surface area is 184 Å². The minimum absolute atomic E-state index is 0.212. The van der Waals surface area contributed by atoms with Crippen molar-refractivity contribution in [3.05, 3.63) is 41.6 Å². The molecule has 2 aliphatic rings. The Bertz CT molecular complexity index is 1310. The van der Waals surface area contributed by atoms with Crippen molar-refractivity contribution in [1.82, 2.24) is 29.2 Å². The number of fused-ring (bicyclic) bond motifs is 2. The van der Waals surface area contributed by atoms with Gasteiger partial charge in [0.1, 0.15) is 5.82 Å². The summed E-state index contributed by atoms with van der Waals surface area (Å²) in [5.74, 6) is 1.98. The van der Waals surface area contributed by atoms with Crippen molar-refractivity contribution in [2.75, 3.05) is 6.54 Å². The molecule has 0 atom stereocenters. The quantitative estimate of drug-likeness (QED) is 0.485. The second-order valence-electron chi connectivity index (χ2n) is 8.48. The predicted octanol–water partition coefficient (Wildman–Crippen LogP) is 4.19. The molecule has 158 valence electrons. The minimum atomic E-state index is 0.212. The van der Waals surface area contributed by atoms with Gasteiger partial charge in [-0.2, -0.15) is 5.10 Å². The number of hydrogen-bond donors (Lipinski definition) is 0. The molecule has 4 aromatic rings. The molecule has 0 bridgehead atoms. The molecule has 1 aliphatic heterocycles. The number of aryl methyl sites for hydroxylation is 1. The van der Waals surface area contributed by atoms with Crippen molar-refractivity contribution in [2.24, 2.45) is 7.05 Å². The molecule has 0 saturated heterocycles. The number of thiophene rings is 1. The van der Waals surface area contributed by atoms with Crippen molar-refractivity contribution in [3.63, 3.8) is 0 Å². The van der Waals surface area contributed by atoms with E-state index in [9.17, 15) is 4.79 Å². The fraction of sp³-hybridized carbons (Fsp3) is 0.391. The van der Waals surface area contributed by atoms with Crippen LogP contribution in [0.4, 0.5) is 0 Å². The van der Waals surface area contributed by atoms with Crippen molar-refractivity contribution in [2.45, 2.75) is 45.2 Å².